The minimum Gasteiger partial charge on any atom is -0.370 e. The summed E-state index contributed by atoms with van der Waals surface area (Å²) in [7, 11) is -0.374. The van der Waals surface area contributed by atoms with E-state index in [1.54, 1.807) is 19.2 Å². The van der Waals surface area contributed by atoms with Crippen molar-refractivity contribution >= 4 is 27.1 Å². The highest BCUT2D eigenvalue weighted by molar-refractivity contribution is 7.91. The molecular weight excluding hydrogens is 393 g/mol. The number of carbonyl (C=O) groups is 1. The molecule has 0 bridgehead atoms. The summed E-state index contributed by atoms with van der Waals surface area (Å²) < 4.78 is 40.0. The SMILES string of the molecule is CC(=O)N(C)c1cc(N2CCCN(C)CC2)ccc1S(=O)(=O)c1cccc(F)c1. The van der Waals surface area contributed by atoms with Crippen LogP contribution < -0.4 is 9.80 Å². The van der Waals surface area contributed by atoms with E-state index in [4.69, 9.17) is 0 Å². The van der Waals surface area contributed by atoms with Crippen LogP contribution >= 0.6 is 0 Å². The number of likely N-dealkylation sites (N-methyl/N-ethyl adjacent to an activating group) is 1. The average molecular weight is 420 g/mol. The van der Waals surface area contributed by atoms with Crippen molar-refractivity contribution in [3.05, 3.63) is 48.3 Å². The molecule has 0 aromatic heterocycles. The Morgan fingerprint density at radius 1 is 1.07 bits per heavy atom. The Hall–Kier alpha value is -2.45. The van der Waals surface area contributed by atoms with E-state index in [9.17, 15) is 17.6 Å². The van der Waals surface area contributed by atoms with Crippen molar-refractivity contribution in [2.45, 2.75) is 23.1 Å². The first-order valence-corrected chi connectivity index (χ1v) is 11.0. The van der Waals surface area contributed by atoms with E-state index in [0.29, 0.717) is 0 Å². The molecule has 2 aromatic rings. The number of hydrogen-bond donors (Lipinski definition) is 0. The third-order valence-corrected chi connectivity index (χ3v) is 7.06. The van der Waals surface area contributed by atoms with Crippen molar-refractivity contribution in [3.63, 3.8) is 0 Å². The maximum Gasteiger partial charge on any atom is 0.223 e. The summed E-state index contributed by atoms with van der Waals surface area (Å²) in [6.07, 6.45) is 0.998. The highest BCUT2D eigenvalue weighted by Gasteiger charge is 2.26. The lowest BCUT2D eigenvalue weighted by Crippen LogP contribution is -2.30. The maximum atomic E-state index is 13.6. The second kappa shape index (κ2) is 8.51. The zero-order chi connectivity index (χ0) is 21.2. The minimum absolute atomic E-state index is 0.0171. The van der Waals surface area contributed by atoms with Gasteiger partial charge in [0.1, 0.15) is 5.82 Å². The van der Waals surface area contributed by atoms with Crippen LogP contribution in [0.15, 0.2) is 52.3 Å². The predicted molar refractivity (Wildman–Crippen MR) is 112 cm³/mol. The van der Waals surface area contributed by atoms with E-state index in [-0.39, 0.29) is 21.4 Å². The molecule has 8 heteroatoms. The number of amides is 1. The number of anilines is 2. The van der Waals surface area contributed by atoms with Crippen LogP contribution in [0.3, 0.4) is 0 Å². The van der Waals surface area contributed by atoms with Gasteiger partial charge in [-0.3, -0.25) is 4.79 Å². The summed E-state index contributed by atoms with van der Waals surface area (Å²) >= 11 is 0. The van der Waals surface area contributed by atoms with Crippen LogP contribution in [0.4, 0.5) is 15.8 Å². The van der Waals surface area contributed by atoms with Crippen molar-refractivity contribution in [2.75, 3.05) is 50.1 Å². The standard InChI is InChI=1S/C21H26FN3O3S/c1-16(26)24(3)20-15-18(25-11-5-10-23(2)12-13-25)8-9-21(20)29(27,28)19-7-4-6-17(22)14-19/h4,6-9,14-15H,5,10-13H2,1-3H3. The van der Waals surface area contributed by atoms with Gasteiger partial charge in [-0.2, -0.15) is 0 Å². The molecular formula is C21H26FN3O3S. The van der Waals surface area contributed by atoms with Gasteiger partial charge in [-0.25, -0.2) is 12.8 Å². The Bertz CT molecular complexity index is 1010. The molecule has 0 N–H and O–H groups in total. The van der Waals surface area contributed by atoms with Crippen LogP contribution in [0.25, 0.3) is 0 Å². The van der Waals surface area contributed by atoms with Crippen LogP contribution in [0.5, 0.6) is 0 Å². The van der Waals surface area contributed by atoms with Crippen LogP contribution in [0.2, 0.25) is 0 Å². The van der Waals surface area contributed by atoms with Gasteiger partial charge >= 0.3 is 0 Å². The largest absolute Gasteiger partial charge is 0.370 e. The maximum absolute atomic E-state index is 13.6. The summed E-state index contributed by atoms with van der Waals surface area (Å²) in [6.45, 7) is 4.95. The molecule has 1 saturated heterocycles. The van der Waals surface area contributed by atoms with E-state index < -0.39 is 15.7 Å². The molecule has 1 aliphatic heterocycles. The van der Waals surface area contributed by atoms with E-state index in [0.717, 1.165) is 44.4 Å². The van der Waals surface area contributed by atoms with Crippen molar-refractivity contribution in [3.8, 4) is 0 Å². The third-order valence-electron chi connectivity index (χ3n) is 5.26. The van der Waals surface area contributed by atoms with Crippen molar-refractivity contribution < 1.29 is 17.6 Å². The molecule has 0 atom stereocenters. The molecule has 2 aromatic carbocycles. The van der Waals surface area contributed by atoms with Gasteiger partial charge in [-0.05, 0) is 56.4 Å². The van der Waals surface area contributed by atoms with Gasteiger partial charge in [0.15, 0.2) is 0 Å². The fourth-order valence-electron chi connectivity index (χ4n) is 3.43. The molecule has 0 spiro atoms. The summed E-state index contributed by atoms with van der Waals surface area (Å²) in [5.74, 6) is -0.911. The molecule has 1 heterocycles. The smallest absolute Gasteiger partial charge is 0.223 e. The Morgan fingerprint density at radius 2 is 1.83 bits per heavy atom. The van der Waals surface area contributed by atoms with Gasteiger partial charge in [0.25, 0.3) is 0 Å². The molecule has 0 aliphatic carbocycles. The van der Waals surface area contributed by atoms with Gasteiger partial charge in [0.2, 0.25) is 15.7 Å². The number of carbonyl (C=O) groups excluding carboxylic acids is 1. The lowest BCUT2D eigenvalue weighted by Gasteiger charge is -2.26. The highest BCUT2D eigenvalue weighted by atomic mass is 32.2. The molecule has 0 saturated carbocycles. The summed E-state index contributed by atoms with van der Waals surface area (Å²) in [6, 6.07) is 9.91. The highest BCUT2D eigenvalue weighted by Crippen LogP contribution is 2.34. The third kappa shape index (κ3) is 4.59. The molecule has 3 rings (SSSR count). The molecule has 1 aliphatic rings. The Morgan fingerprint density at radius 3 is 2.52 bits per heavy atom. The van der Waals surface area contributed by atoms with Crippen LogP contribution in [0.1, 0.15) is 13.3 Å². The topological polar surface area (TPSA) is 60.9 Å². The molecule has 1 fully saturated rings. The lowest BCUT2D eigenvalue weighted by atomic mass is 10.2. The normalized spacial score (nSPS) is 15.8. The minimum atomic E-state index is -3.99. The second-order valence-electron chi connectivity index (χ2n) is 7.33. The first-order valence-electron chi connectivity index (χ1n) is 9.52. The molecule has 0 unspecified atom stereocenters. The van der Waals surface area contributed by atoms with Gasteiger partial charge in [-0.15, -0.1) is 0 Å². The Balaban J connectivity index is 2.08. The van der Waals surface area contributed by atoms with E-state index in [1.165, 1.54) is 36.1 Å². The predicted octanol–water partition coefficient (Wildman–Crippen LogP) is 2.78. The van der Waals surface area contributed by atoms with Crippen LogP contribution in [0, 0.1) is 5.82 Å². The molecule has 1 amide bonds. The summed E-state index contributed by atoms with van der Waals surface area (Å²) in [4.78, 5) is 17.7. The van der Waals surface area contributed by atoms with Gasteiger partial charge in [-0.1, -0.05) is 6.07 Å². The molecule has 0 radical (unpaired) electrons. The first-order chi connectivity index (χ1) is 13.7. The van der Waals surface area contributed by atoms with Crippen molar-refractivity contribution in [1.29, 1.82) is 0 Å². The summed E-state index contributed by atoms with van der Waals surface area (Å²) in [5.41, 5.74) is 1.15. The monoisotopic (exact) mass is 419 g/mol. The van der Waals surface area contributed by atoms with E-state index in [1.807, 2.05) is 0 Å². The van der Waals surface area contributed by atoms with Crippen molar-refractivity contribution in [2.24, 2.45) is 0 Å². The number of hydrogen-bond acceptors (Lipinski definition) is 5. The molecule has 156 valence electrons. The van der Waals surface area contributed by atoms with Crippen LogP contribution in [-0.4, -0.2) is 59.5 Å². The van der Waals surface area contributed by atoms with E-state index in [2.05, 4.69) is 16.8 Å². The van der Waals surface area contributed by atoms with Gasteiger partial charge < -0.3 is 14.7 Å². The fraction of sp³-hybridized carbons (Fsp3) is 0.381. The van der Waals surface area contributed by atoms with Gasteiger partial charge in [0, 0.05) is 39.3 Å². The number of sulfone groups is 1. The van der Waals surface area contributed by atoms with Crippen molar-refractivity contribution in [1.82, 2.24) is 4.90 Å². The number of benzene rings is 2. The number of nitrogens with zero attached hydrogens (tertiary/aromatic N) is 3. The quantitative estimate of drug-likeness (QED) is 0.763. The summed E-state index contributed by atoms with van der Waals surface area (Å²) in [5, 5.41) is 0. The van der Waals surface area contributed by atoms with E-state index >= 15 is 0 Å². The Labute approximate surface area is 171 Å². The lowest BCUT2D eigenvalue weighted by molar-refractivity contribution is -0.116. The average Bonchev–Trinajstić information content (AvgIpc) is 2.91. The zero-order valence-electron chi connectivity index (χ0n) is 16.9. The zero-order valence-corrected chi connectivity index (χ0v) is 17.7. The number of rotatable bonds is 4. The Kier molecular flexibility index (Phi) is 6.24. The number of halogens is 1. The second-order valence-corrected chi connectivity index (χ2v) is 9.25. The van der Waals surface area contributed by atoms with Gasteiger partial charge in [0.05, 0.1) is 15.5 Å². The molecule has 6 nitrogen and oxygen atoms in total. The first kappa shape index (κ1) is 21.3. The fourth-order valence-corrected chi connectivity index (χ4v) is 4.93. The van der Waals surface area contributed by atoms with Crippen LogP contribution in [-0.2, 0) is 14.6 Å². The molecule has 29 heavy (non-hydrogen) atoms.